The van der Waals surface area contributed by atoms with Crippen molar-refractivity contribution in [3.05, 3.63) is 256 Å². The number of methoxy groups -OCH3 is 7. The molecule has 0 saturated heterocycles. The van der Waals surface area contributed by atoms with Crippen molar-refractivity contribution in [3.8, 4) is 69.3 Å². The molecule has 0 saturated carbocycles. The number of esters is 3. The fraction of sp³-hybridized carbons (Fsp3) is 0.204. The quantitative estimate of drug-likeness (QED) is 0.00963. The molecule has 6 aromatic carbocycles. The van der Waals surface area contributed by atoms with Gasteiger partial charge in [0.15, 0.2) is 64.8 Å². The Kier molecular flexibility index (Phi) is 35.3. The number of ether oxygens (including phenoxy) is 7. The van der Waals surface area contributed by atoms with E-state index in [9.17, 15) is 57.5 Å². The Labute approximate surface area is 854 Å². The summed E-state index contributed by atoms with van der Waals surface area (Å²) in [6, 6.07) is 46.5. The van der Waals surface area contributed by atoms with Crippen LogP contribution in [0.15, 0.2) is 242 Å². The molecule has 48 nitrogen and oxygen atoms in total. The standard InChI is InChI=1S/C16H13N5O3S.2C16H16N4O4S.C15H12N6O2S.2C15H15N5O3S/c1-9(15(23)24-2)25-16-19-13-12(14(22)20-16)8-18-21(13)11-5-3-10(7-17)4-6-11;1-9(15(22)24-3)25-16-18-13-12(14(21)19-16)8-17-20(13)10-4-6-11(23-2)7-5-10;1-9(15(22)24-3)25-16-18-13-12(14(21)19-16)8-17-20(13)10-5-4-6-11(7-10)23-2;1-8(12(17)22)24-15-19-13-11(14(23)20-15)7-18-21(13)10-4-2-9(6-16)3-5-10;1-8(12(16)21)24-15-18-13-11(14(22)19-15)7-17-20(13)9-3-5-10(23-2)6-4-9;1-8(12(16)21)24-15-18-13-11(14(22)19-15)7-17-20(13)9-4-3-5-10(6-9)23-2/h3-6,8-9H,1-2H3,(H,19,20,22);2*4-9H,1-3H3,(H,18,19,21);2-5,7-8H,1H3,(H2,17,22)(H,19,20,23);2*3-8H,1-2H3,(H2,16,21)(H,18,19,22). The maximum absolute atomic E-state index is 12.3. The number of carbonyl (C=O) groups is 6. The number of nitriles is 2. The summed E-state index contributed by atoms with van der Waals surface area (Å²) < 4.78 is 44.0. The van der Waals surface area contributed by atoms with Gasteiger partial charge in [0.1, 0.15) is 71.1 Å². The number of primary amides is 3. The van der Waals surface area contributed by atoms with E-state index in [1.165, 1.54) is 67.9 Å². The highest BCUT2D eigenvalue weighted by Crippen LogP contribution is 2.31. The molecule has 3 amide bonds. The summed E-state index contributed by atoms with van der Waals surface area (Å²) in [5.74, 6) is 0.108. The first-order valence-electron chi connectivity index (χ1n) is 43.2. The molecule has 6 atom stereocenters. The molecule has 0 bridgehead atoms. The molecule has 12 heterocycles. The second kappa shape index (κ2) is 48.5. The third-order valence-electron chi connectivity index (χ3n) is 20.7. The first-order valence-corrected chi connectivity index (χ1v) is 48.4. The van der Waals surface area contributed by atoms with E-state index >= 15 is 0 Å². The number of benzene rings is 6. The number of fused-ring (bicyclic) bond motifs is 6. The predicted octanol–water partition coefficient (Wildman–Crippen LogP) is 8.29. The van der Waals surface area contributed by atoms with Gasteiger partial charge in [-0.1, -0.05) is 82.7 Å². The molecule has 0 aliphatic rings. The first-order chi connectivity index (χ1) is 70.6. The number of amides is 3. The SMILES string of the molecule is CC(Sc1nc2c(cnn2-c2ccc(C#N)cc2)c(=O)[nH]1)C(N)=O.COC(=O)C(C)Sc1nc2c(cnn2-c2ccc(C#N)cc2)c(=O)[nH]1.COC(=O)C(C)Sc1nc2c(cnn2-c2ccc(OC)cc2)c(=O)[nH]1.COC(=O)C(C)Sc1nc2c(cnn2-c2cccc(OC)c2)c(=O)[nH]1.COc1ccc(-n2ncc3c(=O)[nH]c(SC(C)C(N)=O)nc32)cc1.COc1cccc(-n2ncc3c(=O)[nH]c(SC(C)C(N)=O)nc32)c1. The zero-order valence-electron chi connectivity index (χ0n) is 79.7. The molecule has 0 spiro atoms. The van der Waals surface area contributed by atoms with Gasteiger partial charge in [0.25, 0.3) is 33.4 Å². The molecule has 0 aliphatic carbocycles. The summed E-state index contributed by atoms with van der Waals surface area (Å²) in [5, 5.41) is 44.0. The Bertz CT molecular complexity index is 8420. The molecule has 147 heavy (non-hydrogen) atoms. The van der Waals surface area contributed by atoms with Crippen LogP contribution < -0.4 is 69.5 Å². The monoisotopic (exact) mass is 2110 g/mol. The lowest BCUT2D eigenvalue weighted by atomic mass is 10.2. The van der Waals surface area contributed by atoms with E-state index in [1.807, 2.05) is 72.8 Å². The van der Waals surface area contributed by atoms with Gasteiger partial charge in [-0.3, -0.25) is 57.5 Å². The smallest absolute Gasteiger partial charge is 0.318 e. The second-order valence-electron chi connectivity index (χ2n) is 30.4. The van der Waals surface area contributed by atoms with Gasteiger partial charge >= 0.3 is 17.9 Å². The van der Waals surface area contributed by atoms with Crippen LogP contribution in [0.3, 0.4) is 0 Å². The number of nitrogens with zero attached hydrogens (tertiary/aromatic N) is 20. The van der Waals surface area contributed by atoms with Gasteiger partial charge in [-0.25, -0.2) is 58.0 Å². The maximum Gasteiger partial charge on any atom is 0.318 e. The highest BCUT2D eigenvalue weighted by Gasteiger charge is 2.26. The zero-order valence-corrected chi connectivity index (χ0v) is 84.6. The van der Waals surface area contributed by atoms with Gasteiger partial charge in [-0.05, 0) is 163 Å². The van der Waals surface area contributed by atoms with Crippen LogP contribution in [-0.2, 0) is 43.0 Å². The number of nitrogens with two attached hydrogens (primary N) is 3. The molecule has 12 aromatic heterocycles. The van der Waals surface area contributed by atoms with Crippen LogP contribution in [0.2, 0.25) is 0 Å². The minimum atomic E-state index is -0.531. The third-order valence-corrected chi connectivity index (χ3v) is 26.6. The van der Waals surface area contributed by atoms with Crippen LogP contribution in [0.1, 0.15) is 52.7 Å². The summed E-state index contributed by atoms with van der Waals surface area (Å²) >= 11 is 6.57. The Morgan fingerprint density at radius 2 is 0.483 bits per heavy atom. The molecule has 54 heteroatoms. The molecule has 12 N–H and O–H groups in total. The average molecular weight is 2110 g/mol. The average Bonchev–Trinajstić information content (AvgIpc) is 1.66. The second-order valence-corrected chi connectivity index (χ2v) is 38.4. The number of thioether (sulfide) groups is 6. The third kappa shape index (κ3) is 25.8. The number of carbonyl (C=O) groups excluding carboxylic acids is 6. The van der Waals surface area contributed by atoms with Crippen LogP contribution in [-0.4, -0.2) is 235 Å². The molecular formula is C93H87N29O19S6. The van der Waals surface area contributed by atoms with Gasteiger partial charge in [0.2, 0.25) is 17.7 Å². The first kappa shape index (κ1) is 107. The number of hydrogen-bond acceptors (Lipinski definition) is 39. The van der Waals surface area contributed by atoms with E-state index in [1.54, 1.807) is 174 Å². The predicted molar refractivity (Wildman–Crippen MR) is 548 cm³/mol. The van der Waals surface area contributed by atoms with Gasteiger partial charge < -0.3 is 80.3 Å². The lowest BCUT2D eigenvalue weighted by molar-refractivity contribution is -0.140. The fourth-order valence-electron chi connectivity index (χ4n) is 13.0. The fourth-order valence-corrected chi connectivity index (χ4v) is 17.6. The number of aromatic amines is 6. The van der Waals surface area contributed by atoms with Crippen molar-refractivity contribution in [2.45, 2.75) is 104 Å². The van der Waals surface area contributed by atoms with E-state index in [4.69, 9.17) is 56.1 Å². The van der Waals surface area contributed by atoms with E-state index in [0.717, 1.165) is 81.9 Å². The Morgan fingerprint density at radius 1 is 0.286 bits per heavy atom. The van der Waals surface area contributed by atoms with E-state index < -0.39 is 67.1 Å². The minimum Gasteiger partial charge on any atom is -0.497 e. The van der Waals surface area contributed by atoms with Gasteiger partial charge in [0, 0.05) is 12.1 Å². The molecular weight excluding hydrogens is 2020 g/mol. The number of H-pyrrole nitrogens is 6. The summed E-state index contributed by atoms with van der Waals surface area (Å²) in [5.41, 5.74) is 21.4. The van der Waals surface area contributed by atoms with Crippen LogP contribution in [0.25, 0.3) is 100 Å². The summed E-state index contributed by atoms with van der Waals surface area (Å²) in [4.78, 5) is 184. The minimum absolute atomic E-state index is 0.286. The molecule has 0 aliphatic heterocycles. The Morgan fingerprint density at radius 3 is 0.673 bits per heavy atom. The van der Waals surface area contributed by atoms with E-state index in [2.05, 4.69) is 95.1 Å². The highest BCUT2D eigenvalue weighted by molar-refractivity contribution is 8.01. The lowest BCUT2D eigenvalue weighted by Gasteiger charge is -2.09. The largest absolute Gasteiger partial charge is 0.497 e. The topological polar surface area (TPSA) is 674 Å². The summed E-state index contributed by atoms with van der Waals surface area (Å²) in [6.45, 7) is 9.96. The maximum atomic E-state index is 12.3. The normalized spacial score (nSPS) is 12.1. The molecule has 6 unspecified atom stereocenters. The summed E-state index contributed by atoms with van der Waals surface area (Å²) in [7, 11) is 10.3. The van der Waals surface area contributed by atoms with Crippen molar-refractivity contribution < 1.29 is 61.9 Å². The molecule has 18 aromatic rings. The van der Waals surface area contributed by atoms with Crippen molar-refractivity contribution in [1.82, 2.24) is 118 Å². The number of hydrogen-bond donors (Lipinski definition) is 9. The number of aromatic nitrogens is 24. The summed E-state index contributed by atoms with van der Waals surface area (Å²) in [6.07, 6.45) is 8.68. The van der Waals surface area contributed by atoms with E-state index in [-0.39, 0.29) is 38.5 Å². The number of rotatable bonds is 28. The molecule has 18 rings (SSSR count). The van der Waals surface area contributed by atoms with Gasteiger partial charge in [-0.15, -0.1) is 0 Å². The van der Waals surface area contributed by atoms with Crippen molar-refractivity contribution in [3.63, 3.8) is 0 Å². The van der Waals surface area contributed by atoms with Crippen LogP contribution in [0.5, 0.6) is 23.0 Å². The Hall–Kier alpha value is -17.5. The van der Waals surface area contributed by atoms with Crippen molar-refractivity contribution in [2.75, 3.05) is 49.8 Å². The van der Waals surface area contributed by atoms with Crippen LogP contribution in [0.4, 0.5) is 0 Å². The number of nitrogens with one attached hydrogen (secondary N) is 6. The van der Waals surface area contributed by atoms with Crippen LogP contribution >= 0.6 is 70.6 Å². The zero-order chi connectivity index (χ0) is 106. The molecule has 0 fully saturated rings. The van der Waals surface area contributed by atoms with E-state index in [0.29, 0.717) is 149 Å². The van der Waals surface area contributed by atoms with Crippen molar-refractivity contribution >= 4 is 172 Å². The highest BCUT2D eigenvalue weighted by atomic mass is 32.2. The van der Waals surface area contributed by atoms with Crippen molar-refractivity contribution in [1.29, 1.82) is 10.5 Å². The van der Waals surface area contributed by atoms with Crippen LogP contribution in [0, 0.1) is 22.7 Å². The van der Waals surface area contributed by atoms with Gasteiger partial charge in [0.05, 0.1) is 160 Å². The Balaban J connectivity index is 0.000000147. The molecule has 0 radical (unpaired) electrons. The molecule has 754 valence electrons. The lowest BCUT2D eigenvalue weighted by Crippen LogP contribution is -2.23. The van der Waals surface area contributed by atoms with Crippen molar-refractivity contribution in [2.24, 2.45) is 17.2 Å². The van der Waals surface area contributed by atoms with Gasteiger partial charge in [-0.2, -0.15) is 41.1 Å².